The molecule has 2 unspecified atom stereocenters. The zero-order valence-electron chi connectivity index (χ0n) is 48.5. The summed E-state index contributed by atoms with van der Waals surface area (Å²) >= 11 is 2.51. The van der Waals surface area contributed by atoms with Crippen molar-refractivity contribution in [1.82, 2.24) is 61.8 Å². The number of carbonyl (C=O) groups excluding carboxylic acids is 6. The smallest absolute Gasteiger partial charge is 0.404 e. The second-order valence-electron chi connectivity index (χ2n) is 20.8. The van der Waals surface area contributed by atoms with Crippen molar-refractivity contribution in [2.75, 3.05) is 51.1 Å². The zero-order valence-corrected chi connectivity index (χ0v) is 50.9. The first-order valence-electron chi connectivity index (χ1n) is 27.8. The number of imidazole rings is 1. The fourth-order valence-electron chi connectivity index (χ4n) is 9.04. The summed E-state index contributed by atoms with van der Waals surface area (Å²) < 4.78 is 28.7. The quantitative estimate of drug-likeness (QED) is 0.0162. The van der Waals surface area contributed by atoms with Gasteiger partial charge in [-0.1, -0.05) is 13.8 Å². The van der Waals surface area contributed by atoms with Crippen LogP contribution in [0.3, 0.4) is 0 Å². The Balaban J connectivity index is 1.18. The van der Waals surface area contributed by atoms with E-state index in [-0.39, 0.29) is 53.5 Å². The molecule has 35 heteroatoms. The molecular formula is C52H78N13O19S3+. The largest absolute Gasteiger partial charge is 0.441 e. The van der Waals surface area contributed by atoms with E-state index < -0.39 is 147 Å². The molecule has 2 fully saturated rings. The van der Waals surface area contributed by atoms with Gasteiger partial charge in [-0.15, -0.1) is 22.7 Å². The number of hydrogen-bond donors (Lipinski definition) is 16. The molecule has 6 heterocycles. The van der Waals surface area contributed by atoms with Gasteiger partial charge >= 0.3 is 6.09 Å². The highest BCUT2D eigenvalue weighted by Crippen LogP contribution is 2.34. The Bertz CT molecular complexity index is 2860. The van der Waals surface area contributed by atoms with E-state index in [1.165, 1.54) is 74.4 Å². The van der Waals surface area contributed by atoms with Gasteiger partial charge in [0, 0.05) is 37.5 Å². The number of rotatable bonds is 32. The maximum Gasteiger partial charge on any atom is 0.404 e. The molecule has 0 bridgehead atoms. The highest BCUT2D eigenvalue weighted by Gasteiger charge is 2.53. The van der Waals surface area contributed by atoms with Gasteiger partial charge in [-0.3, -0.25) is 24.0 Å². The molecule has 2 saturated heterocycles. The lowest BCUT2D eigenvalue weighted by Gasteiger charge is -2.47. The van der Waals surface area contributed by atoms with E-state index >= 15 is 0 Å². The van der Waals surface area contributed by atoms with Crippen LogP contribution in [0.1, 0.15) is 83.3 Å². The normalized spacial score (nSPS) is 24.6. The van der Waals surface area contributed by atoms with E-state index in [1.807, 2.05) is 6.92 Å². The monoisotopic (exact) mass is 1280 g/mol. The number of H-pyrrole nitrogens is 1. The number of thiazole rings is 2. The maximum absolute atomic E-state index is 14.9. The van der Waals surface area contributed by atoms with Crippen molar-refractivity contribution in [1.29, 1.82) is 0 Å². The summed E-state index contributed by atoms with van der Waals surface area (Å²) in [6.45, 7) is 5.29. The highest BCUT2D eigenvalue weighted by molar-refractivity contribution is 7.95. The summed E-state index contributed by atoms with van der Waals surface area (Å²) in [5.41, 5.74) is 5.40. The minimum absolute atomic E-state index is 0.0393. The molecule has 0 spiro atoms. The van der Waals surface area contributed by atoms with E-state index in [4.69, 9.17) is 29.4 Å². The highest BCUT2D eigenvalue weighted by atomic mass is 32.2. The summed E-state index contributed by atoms with van der Waals surface area (Å²) in [4.78, 5) is 106. The van der Waals surface area contributed by atoms with Crippen molar-refractivity contribution in [3.05, 3.63) is 63.5 Å². The third-order valence-electron chi connectivity index (χ3n) is 13.8. The number of aromatic nitrogens is 6. The Hall–Kier alpha value is -6.00. The summed E-state index contributed by atoms with van der Waals surface area (Å²) in [7, 11) is 0.277. The van der Waals surface area contributed by atoms with Crippen molar-refractivity contribution < 1.29 is 93.3 Å². The Morgan fingerprint density at radius 1 is 0.816 bits per heavy atom. The molecule has 4 aromatic rings. The van der Waals surface area contributed by atoms with Gasteiger partial charge in [-0.2, -0.15) is 0 Å². The molecule has 2 aliphatic rings. The topological polar surface area (TPSA) is 489 Å². The minimum atomic E-state index is -2.10. The molecule has 6 rings (SSSR count). The number of ether oxygens (including phenoxy) is 5. The Morgan fingerprint density at radius 2 is 1.54 bits per heavy atom. The molecule has 17 N–H and O–H groups in total. The van der Waals surface area contributed by atoms with Crippen LogP contribution in [0.15, 0.2) is 36.4 Å². The Morgan fingerprint density at radius 3 is 2.21 bits per heavy atom. The van der Waals surface area contributed by atoms with Gasteiger partial charge in [0.1, 0.15) is 93.8 Å². The van der Waals surface area contributed by atoms with Gasteiger partial charge in [-0.05, 0) is 43.8 Å². The zero-order chi connectivity index (χ0) is 63.6. The van der Waals surface area contributed by atoms with Crippen LogP contribution in [0.25, 0.3) is 10.7 Å². The molecule has 0 radical (unpaired) electrons. The lowest BCUT2D eigenvalue weighted by atomic mass is 9.96. The Kier molecular flexibility index (Phi) is 27.0. The number of aliphatic hydroxyl groups excluding tert-OH is 8. The van der Waals surface area contributed by atoms with Crippen LogP contribution in [0.4, 0.5) is 4.79 Å². The Labute approximate surface area is 510 Å². The van der Waals surface area contributed by atoms with Gasteiger partial charge in [0.2, 0.25) is 17.7 Å². The summed E-state index contributed by atoms with van der Waals surface area (Å²) in [5, 5.41) is 107. The number of aliphatic hydroxyl groups is 8. The lowest BCUT2D eigenvalue weighted by molar-refractivity contribution is -0.372. The SMILES string of the molecule is CCCNCc1nccc(C(=O)N[C@@H](C(=O)N[C@H](C)[C@@H](O)[C@H](C)C(=O)NC(C(=O)NCCc2nc(-c3ncc(C(=O)NCCC[S+](C)C)s3)cs2)C(C)O)[C@H](O[C@H]2O[C@H](CO)[C@@H](O)[C@@H](O)[C@@H]2O[C@@H]2O[C@H](CO)[C@H](O)[C@@H](OC(N)=O)[C@@H]2O)c2cnc[nH]2)n1. The molecule has 2 aliphatic heterocycles. The van der Waals surface area contributed by atoms with Crippen molar-refractivity contribution in [3.8, 4) is 10.7 Å². The van der Waals surface area contributed by atoms with E-state index in [0.717, 1.165) is 18.6 Å². The number of amides is 6. The number of nitrogens with two attached hydrogens (primary N) is 1. The first kappa shape index (κ1) is 70.1. The standard InChI is InChI=1S/C52H77N13O19S3/c1-7-11-54-18-32-56-13-9-26(62-32)45(75)65-35(41(27-16-55-22-60-27)82-51-43(39(72)37(70)29(19-66)81-51)83-50-40(73)42(84-52(53)79)38(71)30(20-67)80-50)48(78)61-24(3)36(69)23(2)44(74)64-34(25(4)68)47(77)58-14-10-33-63-28(21-85-33)49-59-17-31(86-49)46(76)57-12-8-15-87(5)6/h9,13,16-17,21-25,29-30,34-43,50-51,54,66-73H,7-8,10-12,14-15,18-20H2,1-6H3,(H7-,53,55,57,58,60,61,64,65,74,75,76,77,78,79)/p+1/t23-,24+,25?,29+,30+,34?,35+,36-,37+,38-,39+,40-,41+,42+,43-,50-,51+/m0/s1. The average molecular weight is 1290 g/mol. The van der Waals surface area contributed by atoms with Crippen LogP contribution in [-0.2, 0) is 61.9 Å². The molecule has 482 valence electrons. The number of carbonyl (C=O) groups is 6. The minimum Gasteiger partial charge on any atom is -0.441 e. The van der Waals surface area contributed by atoms with E-state index in [9.17, 15) is 69.6 Å². The molecule has 87 heavy (non-hydrogen) atoms. The predicted molar refractivity (Wildman–Crippen MR) is 310 cm³/mol. The second kappa shape index (κ2) is 33.5. The number of primary amides is 1. The number of hydrogen-bond acceptors (Lipinski definition) is 27. The van der Waals surface area contributed by atoms with E-state index in [0.29, 0.717) is 33.7 Å². The van der Waals surface area contributed by atoms with E-state index in [2.05, 4.69) is 74.3 Å². The lowest BCUT2D eigenvalue weighted by Crippen LogP contribution is -2.65. The number of nitrogens with zero attached hydrogens (tertiary/aromatic N) is 5. The van der Waals surface area contributed by atoms with Crippen LogP contribution in [0, 0.1) is 5.92 Å². The number of nitrogens with one attached hydrogen (secondary N) is 7. The van der Waals surface area contributed by atoms with Crippen LogP contribution < -0.4 is 37.6 Å². The van der Waals surface area contributed by atoms with Gasteiger partial charge in [-0.25, -0.2) is 29.7 Å². The van der Waals surface area contributed by atoms with Crippen molar-refractivity contribution in [3.63, 3.8) is 0 Å². The average Bonchev–Trinajstić information content (AvgIpc) is 1.73. The van der Waals surface area contributed by atoms with Crippen LogP contribution in [0.5, 0.6) is 0 Å². The third kappa shape index (κ3) is 19.3. The molecule has 0 saturated carbocycles. The molecular weight excluding hydrogens is 1210 g/mol. The molecule has 6 amide bonds. The molecule has 0 aromatic carbocycles. The predicted octanol–water partition coefficient (Wildman–Crippen LogP) is -4.41. The first-order valence-corrected chi connectivity index (χ1v) is 31.7. The van der Waals surface area contributed by atoms with Crippen LogP contribution in [-0.4, -0.2) is 249 Å². The van der Waals surface area contributed by atoms with Crippen molar-refractivity contribution in [2.24, 2.45) is 11.7 Å². The number of aromatic amines is 1. The first-order chi connectivity index (χ1) is 41.5. The van der Waals surface area contributed by atoms with Crippen molar-refractivity contribution >= 4 is 69.2 Å². The molecule has 17 atom stereocenters. The third-order valence-corrected chi connectivity index (χ3v) is 16.9. The van der Waals surface area contributed by atoms with Gasteiger partial charge in [0.05, 0.1) is 85.9 Å². The molecule has 4 aromatic heterocycles. The maximum atomic E-state index is 14.9. The van der Waals surface area contributed by atoms with Crippen LogP contribution >= 0.6 is 22.7 Å². The fraction of sp³-hybridized carbons (Fsp3) is 0.635. The van der Waals surface area contributed by atoms with Crippen LogP contribution in [0.2, 0.25) is 0 Å². The van der Waals surface area contributed by atoms with Gasteiger partial charge in [0.25, 0.3) is 11.8 Å². The van der Waals surface area contributed by atoms with E-state index in [1.54, 1.807) is 5.38 Å². The molecule has 32 nitrogen and oxygen atoms in total. The van der Waals surface area contributed by atoms with Gasteiger partial charge < -0.3 is 107 Å². The second-order valence-corrected chi connectivity index (χ2v) is 25.1. The summed E-state index contributed by atoms with van der Waals surface area (Å²) in [6, 6.07) is -3.61. The van der Waals surface area contributed by atoms with Crippen molar-refractivity contribution in [2.45, 2.75) is 151 Å². The summed E-state index contributed by atoms with van der Waals surface area (Å²) in [6.07, 6.45) is -14.4. The molecule has 0 aliphatic carbocycles. The van der Waals surface area contributed by atoms with Gasteiger partial charge in [0.15, 0.2) is 18.7 Å². The summed E-state index contributed by atoms with van der Waals surface area (Å²) in [5.74, 6) is -4.21. The fourth-order valence-corrected chi connectivity index (χ4v) is 11.4.